The number of halogens is 1. The zero-order valence-electron chi connectivity index (χ0n) is 12.7. The molecule has 1 rings (SSSR count). The van der Waals surface area contributed by atoms with Crippen LogP contribution in [0.2, 0.25) is 0 Å². The Morgan fingerprint density at radius 3 is 2.58 bits per heavy atom. The Hall–Kier alpha value is -0.390. The van der Waals surface area contributed by atoms with E-state index in [0.717, 1.165) is 42.8 Å². The number of aryl methyl sites for hydroxylation is 2. The molecule has 0 aliphatic rings. The topological polar surface area (TPSA) is 30.3 Å². The van der Waals surface area contributed by atoms with Crippen LogP contribution < -0.4 is 0 Å². The van der Waals surface area contributed by atoms with Crippen molar-refractivity contribution in [2.45, 2.75) is 53.3 Å². The van der Waals surface area contributed by atoms with Crippen LogP contribution in [-0.2, 0) is 24.2 Å². The first-order valence-electron chi connectivity index (χ1n) is 7.03. The third kappa shape index (κ3) is 4.89. The fraction of sp³-hybridized carbons (Fsp3) is 0.786. The lowest BCUT2D eigenvalue weighted by molar-refractivity contribution is 0.0622. The minimum atomic E-state index is 0.299. The van der Waals surface area contributed by atoms with Crippen molar-refractivity contribution < 1.29 is 4.74 Å². The van der Waals surface area contributed by atoms with Gasteiger partial charge in [0.25, 0.3) is 0 Å². The van der Waals surface area contributed by atoms with E-state index in [2.05, 4.69) is 65.4 Å². The summed E-state index contributed by atoms with van der Waals surface area (Å²) in [5.41, 5.74) is 2.40. The summed E-state index contributed by atoms with van der Waals surface area (Å²) >= 11 is 3.68. The van der Waals surface area contributed by atoms with E-state index in [9.17, 15) is 0 Å². The lowest BCUT2D eigenvalue weighted by atomic mass is 10.3. The van der Waals surface area contributed by atoms with Gasteiger partial charge in [-0.2, -0.15) is 5.10 Å². The third-order valence-corrected chi connectivity index (χ3v) is 3.95. The van der Waals surface area contributed by atoms with Gasteiger partial charge in [0.2, 0.25) is 0 Å². The molecule has 0 aliphatic heterocycles. The van der Waals surface area contributed by atoms with Crippen molar-refractivity contribution in [3.05, 3.63) is 15.9 Å². The summed E-state index contributed by atoms with van der Waals surface area (Å²) in [5, 5.41) is 4.62. The number of nitrogens with zero attached hydrogens (tertiary/aromatic N) is 3. The summed E-state index contributed by atoms with van der Waals surface area (Å²) in [5.74, 6) is 0. The molecule has 0 spiro atoms. The number of rotatable bonds is 8. The molecule has 0 atom stereocenters. The maximum Gasteiger partial charge on any atom is 0.0767 e. The standard InChI is InChI=1S/C14H26BrN3O/c1-6-12-14(15)13(18(7-2)16-12)10-17(5)8-9-19-11(3)4/h11H,6-10H2,1-5H3. The van der Waals surface area contributed by atoms with Crippen molar-refractivity contribution in [2.75, 3.05) is 20.2 Å². The van der Waals surface area contributed by atoms with Gasteiger partial charge in [-0.1, -0.05) is 6.92 Å². The molecule has 0 saturated heterocycles. The van der Waals surface area contributed by atoms with Crippen LogP contribution >= 0.6 is 15.9 Å². The molecule has 0 amide bonds. The van der Waals surface area contributed by atoms with Crippen LogP contribution in [0, 0.1) is 0 Å². The highest BCUT2D eigenvalue weighted by Crippen LogP contribution is 2.23. The SMILES string of the molecule is CCc1nn(CC)c(CN(C)CCOC(C)C)c1Br. The smallest absolute Gasteiger partial charge is 0.0767 e. The summed E-state index contributed by atoms with van der Waals surface area (Å²) in [4.78, 5) is 2.27. The molecule has 0 fully saturated rings. The van der Waals surface area contributed by atoms with Crippen LogP contribution in [0.3, 0.4) is 0 Å². The van der Waals surface area contributed by atoms with E-state index in [4.69, 9.17) is 4.74 Å². The van der Waals surface area contributed by atoms with E-state index in [-0.39, 0.29) is 0 Å². The minimum Gasteiger partial charge on any atom is -0.377 e. The number of aromatic nitrogens is 2. The summed E-state index contributed by atoms with van der Waals surface area (Å²) < 4.78 is 8.83. The first-order chi connectivity index (χ1) is 8.99. The maximum absolute atomic E-state index is 5.59. The second kappa shape index (κ2) is 8.02. The summed E-state index contributed by atoms with van der Waals surface area (Å²) in [6.45, 7) is 11.9. The van der Waals surface area contributed by atoms with Gasteiger partial charge in [-0.15, -0.1) is 0 Å². The molecule has 1 heterocycles. The molecule has 0 unspecified atom stereocenters. The van der Waals surface area contributed by atoms with Crippen LogP contribution in [0.5, 0.6) is 0 Å². The van der Waals surface area contributed by atoms with Gasteiger partial charge in [-0.25, -0.2) is 0 Å². The van der Waals surface area contributed by atoms with E-state index in [1.54, 1.807) is 0 Å². The predicted octanol–water partition coefficient (Wildman–Crippen LogP) is 3.08. The second-order valence-corrected chi connectivity index (χ2v) is 5.83. The van der Waals surface area contributed by atoms with Gasteiger partial charge in [0.15, 0.2) is 0 Å². The molecule has 0 N–H and O–H groups in total. The van der Waals surface area contributed by atoms with Crippen LogP contribution in [0.25, 0.3) is 0 Å². The quantitative estimate of drug-likeness (QED) is 0.733. The molecular weight excluding hydrogens is 306 g/mol. The predicted molar refractivity (Wildman–Crippen MR) is 82.4 cm³/mol. The Kier molecular flexibility index (Phi) is 7.04. The Bertz CT molecular complexity index is 390. The average molecular weight is 332 g/mol. The molecule has 0 aliphatic carbocycles. The summed E-state index contributed by atoms with van der Waals surface area (Å²) in [6, 6.07) is 0. The molecule has 0 aromatic carbocycles. The third-order valence-electron chi connectivity index (χ3n) is 3.04. The second-order valence-electron chi connectivity index (χ2n) is 5.03. The molecule has 4 nitrogen and oxygen atoms in total. The number of ether oxygens (including phenoxy) is 1. The number of hydrogen-bond donors (Lipinski definition) is 0. The molecule has 0 bridgehead atoms. The molecule has 1 aromatic heterocycles. The highest BCUT2D eigenvalue weighted by molar-refractivity contribution is 9.10. The molecule has 19 heavy (non-hydrogen) atoms. The maximum atomic E-state index is 5.59. The average Bonchev–Trinajstić information content (AvgIpc) is 2.66. The van der Waals surface area contributed by atoms with Crippen molar-refractivity contribution in [3.63, 3.8) is 0 Å². The monoisotopic (exact) mass is 331 g/mol. The Labute approximate surface area is 125 Å². The highest BCUT2D eigenvalue weighted by atomic mass is 79.9. The van der Waals surface area contributed by atoms with Crippen LogP contribution in [-0.4, -0.2) is 41.0 Å². The van der Waals surface area contributed by atoms with Gasteiger partial charge >= 0.3 is 0 Å². The van der Waals surface area contributed by atoms with Gasteiger partial charge in [-0.3, -0.25) is 9.58 Å². The summed E-state index contributed by atoms with van der Waals surface area (Å²) in [6.07, 6.45) is 1.26. The van der Waals surface area contributed by atoms with Gasteiger partial charge in [0.05, 0.1) is 28.6 Å². The first-order valence-corrected chi connectivity index (χ1v) is 7.83. The fourth-order valence-electron chi connectivity index (χ4n) is 1.95. The zero-order chi connectivity index (χ0) is 14.4. The van der Waals surface area contributed by atoms with E-state index in [1.165, 1.54) is 5.69 Å². The zero-order valence-corrected chi connectivity index (χ0v) is 14.3. The van der Waals surface area contributed by atoms with Crippen LogP contribution in [0.15, 0.2) is 4.47 Å². The van der Waals surface area contributed by atoms with Gasteiger partial charge in [0.1, 0.15) is 0 Å². The van der Waals surface area contributed by atoms with Gasteiger partial charge < -0.3 is 4.74 Å². The molecule has 110 valence electrons. The van der Waals surface area contributed by atoms with Crippen molar-refractivity contribution >= 4 is 15.9 Å². The fourth-order valence-corrected chi connectivity index (χ4v) is 2.64. The normalized spacial score (nSPS) is 11.8. The molecule has 0 radical (unpaired) electrons. The van der Waals surface area contributed by atoms with E-state index < -0.39 is 0 Å². The molecule has 5 heteroatoms. The highest BCUT2D eigenvalue weighted by Gasteiger charge is 2.15. The van der Waals surface area contributed by atoms with Gasteiger partial charge in [0, 0.05) is 19.6 Å². The molecular formula is C14H26BrN3O. The van der Waals surface area contributed by atoms with Crippen molar-refractivity contribution in [1.29, 1.82) is 0 Å². The Balaban J connectivity index is 2.62. The number of hydrogen-bond acceptors (Lipinski definition) is 3. The van der Waals surface area contributed by atoms with Crippen molar-refractivity contribution in [2.24, 2.45) is 0 Å². The van der Waals surface area contributed by atoms with Crippen LogP contribution in [0.1, 0.15) is 39.1 Å². The minimum absolute atomic E-state index is 0.299. The molecule has 0 saturated carbocycles. The lowest BCUT2D eigenvalue weighted by Crippen LogP contribution is -2.25. The Morgan fingerprint density at radius 2 is 2.05 bits per heavy atom. The van der Waals surface area contributed by atoms with Crippen molar-refractivity contribution in [3.8, 4) is 0 Å². The van der Waals surface area contributed by atoms with E-state index in [1.807, 2.05) is 0 Å². The first kappa shape index (κ1) is 16.7. The Morgan fingerprint density at radius 1 is 1.37 bits per heavy atom. The summed E-state index contributed by atoms with van der Waals surface area (Å²) in [7, 11) is 2.12. The van der Waals surface area contributed by atoms with E-state index in [0.29, 0.717) is 6.10 Å². The number of likely N-dealkylation sites (N-methyl/N-ethyl adjacent to an activating group) is 1. The molecule has 1 aromatic rings. The largest absolute Gasteiger partial charge is 0.377 e. The van der Waals surface area contributed by atoms with Crippen LogP contribution in [0.4, 0.5) is 0 Å². The van der Waals surface area contributed by atoms with Gasteiger partial charge in [-0.05, 0) is 50.2 Å². The lowest BCUT2D eigenvalue weighted by Gasteiger charge is -2.18. The van der Waals surface area contributed by atoms with E-state index >= 15 is 0 Å². The van der Waals surface area contributed by atoms with Crippen molar-refractivity contribution in [1.82, 2.24) is 14.7 Å².